The van der Waals surface area contributed by atoms with Gasteiger partial charge in [0.25, 0.3) is 0 Å². The molecule has 0 fully saturated rings. The van der Waals surface area contributed by atoms with E-state index < -0.39 is 0 Å². The van der Waals surface area contributed by atoms with Crippen molar-refractivity contribution >= 4 is 5.97 Å². The van der Waals surface area contributed by atoms with Crippen LogP contribution in [0, 0.1) is 0 Å². The number of methoxy groups -OCH3 is 2. The molecule has 0 saturated carbocycles. The van der Waals surface area contributed by atoms with Crippen molar-refractivity contribution in [2.24, 2.45) is 0 Å². The van der Waals surface area contributed by atoms with Crippen LogP contribution in [0.15, 0.2) is 54.6 Å². The lowest BCUT2D eigenvalue weighted by molar-refractivity contribution is -0.143. The summed E-state index contributed by atoms with van der Waals surface area (Å²) in [6.07, 6.45) is 0.265. The molecule has 0 amide bonds. The molecule has 0 unspecified atom stereocenters. The van der Waals surface area contributed by atoms with Crippen molar-refractivity contribution < 1.29 is 19.0 Å². The maximum absolute atomic E-state index is 11.8. The largest absolute Gasteiger partial charge is 0.497 e. The third-order valence-corrected chi connectivity index (χ3v) is 4.38. The molecule has 2 aromatic carbocycles. The number of carbonyl (C=O) groups excluding carboxylic acids is 1. The lowest BCUT2D eigenvalue weighted by atomic mass is 10.1. The lowest BCUT2D eigenvalue weighted by Gasteiger charge is -2.08. The summed E-state index contributed by atoms with van der Waals surface area (Å²) >= 11 is 0. The minimum Gasteiger partial charge on any atom is -0.497 e. The SMILES string of the molecule is CCOC(=O)CCn1nc(-c2ccc(OC)cc2)cc1-c1ccc(OC)cc1. The van der Waals surface area contributed by atoms with E-state index in [0.29, 0.717) is 13.2 Å². The number of carbonyl (C=O) groups is 1. The molecule has 0 aliphatic rings. The number of hydrogen-bond acceptors (Lipinski definition) is 5. The van der Waals surface area contributed by atoms with E-state index in [2.05, 4.69) is 0 Å². The van der Waals surface area contributed by atoms with Gasteiger partial charge in [0.2, 0.25) is 0 Å². The van der Waals surface area contributed by atoms with Crippen molar-refractivity contribution in [1.29, 1.82) is 0 Å². The Morgan fingerprint density at radius 1 is 0.929 bits per heavy atom. The number of rotatable bonds is 8. The highest BCUT2D eigenvalue weighted by Gasteiger charge is 2.13. The highest BCUT2D eigenvalue weighted by atomic mass is 16.5. The summed E-state index contributed by atoms with van der Waals surface area (Å²) in [6, 6.07) is 17.5. The predicted octanol–water partition coefficient (Wildman–Crippen LogP) is 4.19. The van der Waals surface area contributed by atoms with Crippen molar-refractivity contribution in [2.45, 2.75) is 19.9 Å². The minimum absolute atomic E-state index is 0.232. The van der Waals surface area contributed by atoms with Gasteiger partial charge in [0.05, 0.1) is 45.2 Å². The molecule has 6 heteroatoms. The van der Waals surface area contributed by atoms with Crippen LogP contribution >= 0.6 is 0 Å². The first kappa shape index (κ1) is 19.5. The normalized spacial score (nSPS) is 10.5. The highest BCUT2D eigenvalue weighted by molar-refractivity contribution is 5.71. The van der Waals surface area contributed by atoms with Crippen molar-refractivity contribution in [3.05, 3.63) is 54.6 Å². The van der Waals surface area contributed by atoms with Crippen LogP contribution in [0.2, 0.25) is 0 Å². The average molecular weight is 380 g/mol. The second kappa shape index (κ2) is 9.08. The summed E-state index contributed by atoms with van der Waals surface area (Å²) in [6.45, 7) is 2.62. The standard InChI is InChI=1S/C22H24N2O4/c1-4-28-22(25)13-14-24-21(17-7-11-19(27-3)12-8-17)15-20(23-24)16-5-9-18(26-2)10-6-16/h5-12,15H,4,13-14H2,1-3H3. The van der Waals surface area contributed by atoms with Gasteiger partial charge in [0, 0.05) is 11.1 Å². The second-order valence-corrected chi connectivity index (χ2v) is 6.15. The van der Waals surface area contributed by atoms with Gasteiger partial charge < -0.3 is 14.2 Å². The van der Waals surface area contributed by atoms with Crippen LogP contribution in [0.4, 0.5) is 0 Å². The van der Waals surface area contributed by atoms with Crippen LogP contribution in [0.3, 0.4) is 0 Å². The second-order valence-electron chi connectivity index (χ2n) is 6.15. The zero-order valence-corrected chi connectivity index (χ0v) is 16.3. The van der Waals surface area contributed by atoms with Crippen LogP contribution in [0.1, 0.15) is 13.3 Å². The van der Waals surface area contributed by atoms with Crippen LogP contribution < -0.4 is 9.47 Å². The molecule has 6 nitrogen and oxygen atoms in total. The molecule has 3 aromatic rings. The zero-order chi connectivity index (χ0) is 19.9. The molecule has 0 bridgehead atoms. The molecule has 0 spiro atoms. The molecule has 0 N–H and O–H groups in total. The highest BCUT2D eigenvalue weighted by Crippen LogP contribution is 2.29. The molecule has 0 radical (unpaired) electrons. The molecular formula is C22H24N2O4. The zero-order valence-electron chi connectivity index (χ0n) is 16.3. The summed E-state index contributed by atoms with van der Waals surface area (Å²) in [5.41, 5.74) is 3.73. The van der Waals surface area contributed by atoms with Crippen molar-refractivity contribution in [3.63, 3.8) is 0 Å². The van der Waals surface area contributed by atoms with Crippen LogP contribution in [-0.4, -0.2) is 36.6 Å². The van der Waals surface area contributed by atoms with E-state index in [1.807, 2.05) is 59.3 Å². The van der Waals surface area contributed by atoms with Gasteiger partial charge in [0.1, 0.15) is 11.5 Å². The number of ether oxygens (including phenoxy) is 3. The van der Waals surface area contributed by atoms with Crippen LogP contribution in [0.5, 0.6) is 11.5 Å². The fourth-order valence-corrected chi connectivity index (χ4v) is 2.91. The fourth-order valence-electron chi connectivity index (χ4n) is 2.91. The van der Waals surface area contributed by atoms with Crippen LogP contribution in [-0.2, 0) is 16.1 Å². The number of aromatic nitrogens is 2. The summed E-state index contributed by atoms with van der Waals surface area (Å²) in [7, 11) is 3.28. The summed E-state index contributed by atoms with van der Waals surface area (Å²) < 4.78 is 17.4. The molecule has 0 saturated heterocycles. The molecule has 1 aromatic heterocycles. The Labute approximate surface area is 164 Å². The molecule has 0 aliphatic heterocycles. The van der Waals surface area contributed by atoms with E-state index in [1.165, 1.54) is 0 Å². The Hall–Kier alpha value is -3.28. The number of nitrogens with zero attached hydrogens (tertiary/aromatic N) is 2. The van der Waals surface area contributed by atoms with Gasteiger partial charge in [-0.25, -0.2) is 0 Å². The maximum atomic E-state index is 11.8. The number of aryl methyl sites for hydroxylation is 1. The molecule has 0 aliphatic carbocycles. The van der Waals surface area contributed by atoms with E-state index in [4.69, 9.17) is 19.3 Å². The Balaban J connectivity index is 1.94. The molecule has 28 heavy (non-hydrogen) atoms. The van der Waals surface area contributed by atoms with E-state index in [-0.39, 0.29) is 12.4 Å². The fraction of sp³-hybridized carbons (Fsp3) is 0.273. The summed E-state index contributed by atoms with van der Waals surface area (Å²) in [4.78, 5) is 11.8. The number of esters is 1. The third kappa shape index (κ3) is 4.52. The van der Waals surface area contributed by atoms with Crippen LogP contribution in [0.25, 0.3) is 22.5 Å². The Kier molecular flexibility index (Phi) is 6.32. The van der Waals surface area contributed by atoms with Gasteiger partial charge in [-0.05, 0) is 61.5 Å². The van der Waals surface area contributed by atoms with E-state index in [0.717, 1.165) is 34.0 Å². The van der Waals surface area contributed by atoms with Crippen molar-refractivity contribution in [3.8, 4) is 34.0 Å². The monoisotopic (exact) mass is 380 g/mol. The van der Waals surface area contributed by atoms with Gasteiger partial charge in [0.15, 0.2) is 0 Å². The smallest absolute Gasteiger partial charge is 0.307 e. The van der Waals surface area contributed by atoms with Crippen molar-refractivity contribution in [2.75, 3.05) is 20.8 Å². The van der Waals surface area contributed by atoms with Gasteiger partial charge >= 0.3 is 5.97 Å². The quantitative estimate of drug-likeness (QED) is 0.549. The molecule has 146 valence electrons. The molecular weight excluding hydrogens is 356 g/mol. The van der Waals surface area contributed by atoms with Gasteiger partial charge in [-0.3, -0.25) is 9.48 Å². The summed E-state index contributed by atoms with van der Waals surface area (Å²) in [5.74, 6) is 1.35. The molecule has 1 heterocycles. The van der Waals surface area contributed by atoms with E-state index in [9.17, 15) is 4.79 Å². The van der Waals surface area contributed by atoms with Gasteiger partial charge in [-0.1, -0.05) is 0 Å². The van der Waals surface area contributed by atoms with E-state index >= 15 is 0 Å². The number of hydrogen-bond donors (Lipinski definition) is 0. The minimum atomic E-state index is -0.232. The topological polar surface area (TPSA) is 62.6 Å². The average Bonchev–Trinajstić information content (AvgIpc) is 3.17. The Morgan fingerprint density at radius 3 is 2.04 bits per heavy atom. The third-order valence-electron chi connectivity index (χ3n) is 4.38. The molecule has 3 rings (SSSR count). The molecule has 0 atom stereocenters. The van der Waals surface area contributed by atoms with E-state index in [1.54, 1.807) is 21.1 Å². The first-order valence-corrected chi connectivity index (χ1v) is 9.17. The van der Waals surface area contributed by atoms with Gasteiger partial charge in [-0.15, -0.1) is 0 Å². The number of benzene rings is 2. The lowest BCUT2D eigenvalue weighted by Crippen LogP contribution is -2.10. The maximum Gasteiger partial charge on any atom is 0.307 e. The van der Waals surface area contributed by atoms with Gasteiger partial charge in [-0.2, -0.15) is 5.10 Å². The Morgan fingerprint density at radius 2 is 1.50 bits per heavy atom. The van der Waals surface area contributed by atoms with Crippen molar-refractivity contribution in [1.82, 2.24) is 9.78 Å². The summed E-state index contributed by atoms with van der Waals surface area (Å²) in [5, 5.41) is 4.72. The predicted molar refractivity (Wildman–Crippen MR) is 107 cm³/mol. The first-order chi connectivity index (χ1) is 13.6. The Bertz CT molecular complexity index is 915. The first-order valence-electron chi connectivity index (χ1n) is 9.17.